The molecule has 1 heterocycles. The van der Waals surface area contributed by atoms with E-state index in [1.165, 1.54) is 12.1 Å². The molecule has 0 N–H and O–H groups in total. The number of aromatic nitrogens is 1. The Hall–Kier alpha value is -3.01. The lowest BCUT2D eigenvalue weighted by Gasteiger charge is -2.12. The van der Waals surface area contributed by atoms with Crippen LogP contribution in [0.15, 0.2) is 67.0 Å². The molecule has 0 bridgehead atoms. The van der Waals surface area contributed by atoms with Gasteiger partial charge in [-0.05, 0) is 58.1 Å². The highest BCUT2D eigenvalue weighted by Crippen LogP contribution is 2.33. The van der Waals surface area contributed by atoms with Crippen molar-refractivity contribution in [2.45, 2.75) is 6.61 Å². The molecule has 1 aromatic heterocycles. The summed E-state index contributed by atoms with van der Waals surface area (Å²) in [7, 11) is 0. The number of nitrogens with zero attached hydrogens (tertiary/aromatic N) is 1. The predicted octanol–water partition coefficient (Wildman–Crippen LogP) is 4.23. The van der Waals surface area contributed by atoms with Gasteiger partial charge in [0.25, 0.3) is 6.47 Å². The van der Waals surface area contributed by atoms with E-state index in [2.05, 4.69) is 4.98 Å². The molecule has 2 aromatic carbocycles. The van der Waals surface area contributed by atoms with Crippen molar-refractivity contribution in [2.24, 2.45) is 0 Å². The smallest absolute Gasteiger partial charge is 0.293 e. The molecular weight excluding hydrogens is 293 g/mol. The third kappa shape index (κ3) is 3.43. The number of ether oxygens (including phenoxy) is 1. The highest BCUT2D eigenvalue weighted by Gasteiger charge is 2.09. The van der Waals surface area contributed by atoms with Gasteiger partial charge in [0.1, 0.15) is 12.4 Å². The number of carbonyl (C=O) groups excluding carboxylic acids is 1. The summed E-state index contributed by atoms with van der Waals surface area (Å²) in [5.41, 5.74) is 4.75. The maximum Gasteiger partial charge on any atom is 0.293 e. The zero-order valence-electron chi connectivity index (χ0n) is 12.3. The van der Waals surface area contributed by atoms with Gasteiger partial charge in [0, 0.05) is 12.4 Å². The average Bonchev–Trinajstić information content (AvgIpc) is 2.61. The normalized spacial score (nSPS) is 10.3. The van der Waals surface area contributed by atoms with E-state index in [1.807, 2.05) is 30.3 Å². The average molecular weight is 307 g/mol. The van der Waals surface area contributed by atoms with E-state index >= 15 is 0 Å². The monoisotopic (exact) mass is 307 g/mol. The van der Waals surface area contributed by atoms with Gasteiger partial charge < -0.3 is 4.74 Å². The maximum atomic E-state index is 13.2. The molecule has 0 radical (unpaired) electrons. The lowest BCUT2D eigenvalue weighted by molar-refractivity contribution is -0.129. The van der Waals surface area contributed by atoms with Gasteiger partial charge in [0.05, 0.1) is 0 Å². The fraction of sp³-hybridized carbons (Fsp3) is 0.0526. The molecule has 0 aliphatic rings. The Kier molecular flexibility index (Phi) is 4.43. The van der Waals surface area contributed by atoms with Gasteiger partial charge in [0.15, 0.2) is 0 Å². The van der Waals surface area contributed by atoms with E-state index in [0.29, 0.717) is 6.47 Å². The number of rotatable bonds is 5. The number of carbonyl (C=O) groups is 1. The second kappa shape index (κ2) is 6.83. The standard InChI is InChI=1S/C19H14FNO2/c20-17-4-2-15(3-5-17)18-6-1-14(12-23-13-22)11-19(18)16-7-9-21-10-8-16/h1-11,13H,12H2. The topological polar surface area (TPSA) is 39.2 Å². The first-order chi connectivity index (χ1) is 11.3. The largest absolute Gasteiger partial charge is 0.463 e. The van der Waals surface area contributed by atoms with Crippen LogP contribution < -0.4 is 0 Å². The van der Waals surface area contributed by atoms with E-state index in [0.717, 1.165) is 27.8 Å². The Morgan fingerprint density at radius 1 is 0.913 bits per heavy atom. The zero-order valence-corrected chi connectivity index (χ0v) is 12.3. The quantitative estimate of drug-likeness (QED) is 0.662. The molecule has 114 valence electrons. The minimum absolute atomic E-state index is 0.214. The van der Waals surface area contributed by atoms with E-state index in [1.54, 1.807) is 24.5 Å². The Morgan fingerprint density at radius 3 is 2.30 bits per heavy atom. The summed E-state index contributed by atoms with van der Waals surface area (Å²) in [4.78, 5) is 14.4. The van der Waals surface area contributed by atoms with Gasteiger partial charge in [-0.2, -0.15) is 0 Å². The summed E-state index contributed by atoms with van der Waals surface area (Å²) >= 11 is 0. The van der Waals surface area contributed by atoms with Crippen LogP contribution in [0.3, 0.4) is 0 Å². The number of benzene rings is 2. The minimum atomic E-state index is -0.268. The molecule has 0 amide bonds. The van der Waals surface area contributed by atoms with Crippen LogP contribution in [0, 0.1) is 5.82 Å². The van der Waals surface area contributed by atoms with E-state index in [4.69, 9.17) is 4.74 Å². The van der Waals surface area contributed by atoms with Crippen LogP contribution >= 0.6 is 0 Å². The van der Waals surface area contributed by atoms with Crippen LogP contribution in [0.5, 0.6) is 0 Å². The molecule has 0 saturated carbocycles. The second-order valence-electron chi connectivity index (χ2n) is 5.03. The minimum Gasteiger partial charge on any atom is -0.463 e. The molecule has 0 fully saturated rings. The molecule has 0 aliphatic heterocycles. The highest BCUT2D eigenvalue weighted by atomic mass is 19.1. The van der Waals surface area contributed by atoms with Crippen molar-refractivity contribution in [3.8, 4) is 22.3 Å². The zero-order chi connectivity index (χ0) is 16.1. The Bertz CT molecular complexity index is 801. The van der Waals surface area contributed by atoms with Crippen LogP contribution in [0.2, 0.25) is 0 Å². The van der Waals surface area contributed by atoms with E-state index < -0.39 is 0 Å². The molecule has 0 saturated heterocycles. The number of hydrogen-bond acceptors (Lipinski definition) is 3. The summed E-state index contributed by atoms with van der Waals surface area (Å²) in [5, 5.41) is 0. The highest BCUT2D eigenvalue weighted by molar-refractivity contribution is 5.83. The van der Waals surface area contributed by atoms with Gasteiger partial charge in [-0.25, -0.2) is 4.39 Å². The van der Waals surface area contributed by atoms with Crippen molar-refractivity contribution >= 4 is 6.47 Å². The molecule has 3 aromatic rings. The second-order valence-corrected chi connectivity index (χ2v) is 5.03. The van der Waals surface area contributed by atoms with E-state index in [-0.39, 0.29) is 12.4 Å². The molecule has 3 rings (SSSR count). The van der Waals surface area contributed by atoms with Gasteiger partial charge in [-0.15, -0.1) is 0 Å². The van der Waals surface area contributed by atoms with Gasteiger partial charge in [-0.3, -0.25) is 9.78 Å². The number of pyridine rings is 1. The third-order valence-corrected chi connectivity index (χ3v) is 3.55. The number of halogens is 1. The fourth-order valence-corrected chi connectivity index (χ4v) is 2.46. The van der Waals surface area contributed by atoms with Crippen molar-refractivity contribution < 1.29 is 13.9 Å². The molecular formula is C19H14FNO2. The molecule has 0 unspecified atom stereocenters. The van der Waals surface area contributed by atoms with Crippen molar-refractivity contribution in [1.29, 1.82) is 0 Å². The predicted molar refractivity (Wildman–Crippen MR) is 85.9 cm³/mol. The van der Waals surface area contributed by atoms with Crippen LogP contribution in [-0.2, 0) is 16.1 Å². The first-order valence-electron chi connectivity index (χ1n) is 7.12. The van der Waals surface area contributed by atoms with Crippen LogP contribution in [0.1, 0.15) is 5.56 Å². The molecule has 0 aliphatic carbocycles. The van der Waals surface area contributed by atoms with Gasteiger partial charge in [-0.1, -0.05) is 24.3 Å². The molecule has 4 heteroatoms. The van der Waals surface area contributed by atoms with Crippen LogP contribution in [-0.4, -0.2) is 11.5 Å². The molecule has 0 spiro atoms. The lowest BCUT2D eigenvalue weighted by Crippen LogP contribution is -1.93. The van der Waals surface area contributed by atoms with Gasteiger partial charge >= 0.3 is 0 Å². The van der Waals surface area contributed by atoms with E-state index in [9.17, 15) is 9.18 Å². The fourth-order valence-electron chi connectivity index (χ4n) is 2.46. The molecule has 0 atom stereocenters. The van der Waals surface area contributed by atoms with Gasteiger partial charge in [0.2, 0.25) is 0 Å². The van der Waals surface area contributed by atoms with Crippen molar-refractivity contribution in [3.05, 3.63) is 78.4 Å². The summed E-state index contributed by atoms with van der Waals surface area (Å²) in [6, 6.07) is 16.0. The number of hydrogen-bond donors (Lipinski definition) is 0. The SMILES string of the molecule is O=COCc1ccc(-c2ccc(F)cc2)c(-c2ccncc2)c1. The Labute approximate surface area is 133 Å². The lowest BCUT2D eigenvalue weighted by atomic mass is 9.93. The first kappa shape index (κ1) is 14.9. The summed E-state index contributed by atoms with van der Waals surface area (Å²) in [6.45, 7) is 0.644. The van der Waals surface area contributed by atoms with Crippen LogP contribution in [0.25, 0.3) is 22.3 Å². The van der Waals surface area contributed by atoms with Crippen molar-refractivity contribution in [2.75, 3.05) is 0 Å². The van der Waals surface area contributed by atoms with Crippen molar-refractivity contribution in [3.63, 3.8) is 0 Å². The first-order valence-corrected chi connectivity index (χ1v) is 7.12. The summed E-state index contributed by atoms with van der Waals surface area (Å²) < 4.78 is 18.0. The molecule has 3 nitrogen and oxygen atoms in total. The summed E-state index contributed by atoms with van der Waals surface area (Å²) in [5.74, 6) is -0.268. The maximum absolute atomic E-state index is 13.2. The molecule has 23 heavy (non-hydrogen) atoms. The Morgan fingerprint density at radius 2 is 1.61 bits per heavy atom. The summed E-state index contributed by atoms with van der Waals surface area (Å²) in [6.07, 6.45) is 3.44. The van der Waals surface area contributed by atoms with Crippen molar-refractivity contribution in [1.82, 2.24) is 4.98 Å². The van der Waals surface area contributed by atoms with Crippen LogP contribution in [0.4, 0.5) is 4.39 Å². The Balaban J connectivity index is 2.11. The third-order valence-electron chi connectivity index (χ3n) is 3.55.